The van der Waals surface area contributed by atoms with Crippen molar-refractivity contribution in [1.82, 2.24) is 0 Å². The lowest BCUT2D eigenvalue weighted by Crippen LogP contribution is -2.28. The van der Waals surface area contributed by atoms with Crippen LogP contribution in [-0.2, 0) is 4.79 Å². The van der Waals surface area contributed by atoms with E-state index in [0.29, 0.717) is 17.0 Å². The van der Waals surface area contributed by atoms with Crippen molar-refractivity contribution in [3.8, 4) is 6.07 Å². The predicted octanol–water partition coefficient (Wildman–Crippen LogP) is 4.44. The summed E-state index contributed by atoms with van der Waals surface area (Å²) < 4.78 is 0. The SMILES string of the molecule is CN1C(=O)C(C(=Nc2cccc(C#N)c2)c2ccccc2)c2ccccc21. The molecular weight excluding hydrogens is 334 g/mol. The van der Waals surface area contributed by atoms with Gasteiger partial charge in [-0.2, -0.15) is 5.26 Å². The van der Waals surface area contributed by atoms with E-state index in [0.717, 1.165) is 16.8 Å². The molecular formula is C23H17N3O. The molecule has 1 aliphatic rings. The van der Waals surface area contributed by atoms with E-state index in [1.165, 1.54) is 0 Å². The first-order valence-corrected chi connectivity index (χ1v) is 8.69. The van der Waals surface area contributed by atoms with Crippen LogP contribution in [0.1, 0.15) is 22.6 Å². The van der Waals surface area contributed by atoms with Gasteiger partial charge in [-0.1, -0.05) is 54.6 Å². The third-order valence-electron chi connectivity index (χ3n) is 4.75. The molecule has 0 aromatic heterocycles. The van der Waals surface area contributed by atoms with Gasteiger partial charge in [-0.25, -0.2) is 0 Å². The highest BCUT2D eigenvalue weighted by atomic mass is 16.2. The first-order valence-electron chi connectivity index (χ1n) is 8.69. The summed E-state index contributed by atoms with van der Waals surface area (Å²) in [6.45, 7) is 0. The standard InChI is InChI=1S/C23H17N3O/c1-26-20-13-6-5-12-19(20)21(23(26)27)22(17-9-3-2-4-10-17)25-18-11-7-8-16(14-18)15-24/h2-14,21H,1H3. The van der Waals surface area contributed by atoms with E-state index < -0.39 is 5.92 Å². The van der Waals surface area contributed by atoms with Crippen LogP contribution in [0.2, 0.25) is 0 Å². The van der Waals surface area contributed by atoms with Crippen molar-refractivity contribution < 1.29 is 4.79 Å². The fraction of sp³-hybridized carbons (Fsp3) is 0.0870. The highest BCUT2D eigenvalue weighted by Crippen LogP contribution is 2.39. The minimum Gasteiger partial charge on any atom is -0.314 e. The number of para-hydroxylation sites is 1. The lowest BCUT2D eigenvalue weighted by Gasteiger charge is -2.15. The first kappa shape index (κ1) is 16.7. The number of nitrogens with zero attached hydrogens (tertiary/aromatic N) is 3. The number of benzene rings is 3. The molecule has 0 aliphatic carbocycles. The second kappa shape index (κ2) is 6.89. The van der Waals surface area contributed by atoms with Gasteiger partial charge < -0.3 is 4.90 Å². The monoisotopic (exact) mass is 351 g/mol. The molecule has 1 heterocycles. The van der Waals surface area contributed by atoms with Crippen LogP contribution < -0.4 is 4.90 Å². The normalized spacial score (nSPS) is 16.1. The fourth-order valence-corrected chi connectivity index (χ4v) is 3.44. The van der Waals surface area contributed by atoms with Crippen molar-refractivity contribution in [1.29, 1.82) is 5.26 Å². The van der Waals surface area contributed by atoms with E-state index in [4.69, 9.17) is 4.99 Å². The molecule has 0 fully saturated rings. The molecule has 0 N–H and O–H groups in total. The highest BCUT2D eigenvalue weighted by molar-refractivity contribution is 6.24. The van der Waals surface area contributed by atoms with Crippen molar-refractivity contribution >= 4 is 23.0 Å². The Morgan fingerprint density at radius 3 is 2.52 bits per heavy atom. The molecule has 1 amide bonds. The second-order valence-corrected chi connectivity index (χ2v) is 6.41. The van der Waals surface area contributed by atoms with Gasteiger partial charge in [0.2, 0.25) is 5.91 Å². The highest BCUT2D eigenvalue weighted by Gasteiger charge is 2.38. The third kappa shape index (κ3) is 3.00. The van der Waals surface area contributed by atoms with E-state index in [1.54, 1.807) is 30.1 Å². The zero-order valence-corrected chi connectivity index (χ0v) is 14.8. The maximum atomic E-state index is 13.1. The van der Waals surface area contributed by atoms with E-state index in [2.05, 4.69) is 6.07 Å². The number of carbonyl (C=O) groups excluding carboxylic acids is 1. The number of fused-ring (bicyclic) bond motifs is 1. The summed E-state index contributed by atoms with van der Waals surface area (Å²) in [7, 11) is 1.79. The van der Waals surface area contributed by atoms with Crippen LogP contribution in [0, 0.1) is 11.3 Å². The van der Waals surface area contributed by atoms with Gasteiger partial charge in [0, 0.05) is 12.7 Å². The Morgan fingerprint density at radius 1 is 1.00 bits per heavy atom. The van der Waals surface area contributed by atoms with Crippen molar-refractivity contribution in [3.05, 3.63) is 95.6 Å². The van der Waals surface area contributed by atoms with E-state index in [1.807, 2.05) is 60.7 Å². The second-order valence-electron chi connectivity index (χ2n) is 6.41. The molecule has 3 aromatic rings. The molecule has 27 heavy (non-hydrogen) atoms. The molecule has 0 spiro atoms. The average Bonchev–Trinajstić information content (AvgIpc) is 2.98. The van der Waals surface area contributed by atoms with Crippen LogP contribution in [0.25, 0.3) is 0 Å². The maximum absolute atomic E-state index is 13.1. The lowest BCUT2D eigenvalue weighted by atomic mass is 9.90. The Hall–Kier alpha value is -3.71. The molecule has 0 saturated carbocycles. The van der Waals surface area contributed by atoms with Gasteiger partial charge >= 0.3 is 0 Å². The number of hydrogen-bond donors (Lipinski definition) is 0. The number of nitriles is 1. The van der Waals surface area contributed by atoms with E-state index >= 15 is 0 Å². The zero-order valence-electron chi connectivity index (χ0n) is 14.8. The van der Waals surface area contributed by atoms with Crippen molar-refractivity contribution in [2.45, 2.75) is 5.92 Å². The predicted molar refractivity (Wildman–Crippen MR) is 106 cm³/mol. The summed E-state index contributed by atoms with van der Waals surface area (Å²) in [5.74, 6) is -0.477. The van der Waals surface area contributed by atoms with Gasteiger partial charge in [0.05, 0.1) is 23.0 Å². The van der Waals surface area contributed by atoms with Crippen LogP contribution in [-0.4, -0.2) is 18.7 Å². The van der Waals surface area contributed by atoms with E-state index in [9.17, 15) is 10.1 Å². The summed E-state index contributed by atoms with van der Waals surface area (Å²) in [4.78, 5) is 19.6. The number of amides is 1. The number of anilines is 1. The topological polar surface area (TPSA) is 56.5 Å². The Kier molecular flexibility index (Phi) is 4.27. The molecule has 0 saturated heterocycles. The summed E-state index contributed by atoms with van der Waals surface area (Å²) in [5.41, 5.74) is 4.63. The smallest absolute Gasteiger partial charge is 0.240 e. The molecule has 1 unspecified atom stereocenters. The van der Waals surface area contributed by atoms with Gasteiger partial charge in [-0.3, -0.25) is 9.79 Å². The average molecular weight is 351 g/mol. The molecule has 4 rings (SSSR count). The Labute approximate surface area is 158 Å². The number of aliphatic imine (C=N–C) groups is 1. The minimum absolute atomic E-state index is 0.00441. The summed E-state index contributed by atoms with van der Waals surface area (Å²) in [6, 6.07) is 26.8. The van der Waals surface area contributed by atoms with Crippen LogP contribution >= 0.6 is 0 Å². The summed E-state index contributed by atoms with van der Waals surface area (Å²) in [6.07, 6.45) is 0. The summed E-state index contributed by atoms with van der Waals surface area (Å²) >= 11 is 0. The molecule has 4 heteroatoms. The summed E-state index contributed by atoms with van der Waals surface area (Å²) in [5, 5.41) is 9.17. The molecule has 3 aromatic carbocycles. The number of likely N-dealkylation sites (N-methyl/N-ethyl adjacent to an activating group) is 1. The van der Waals surface area contributed by atoms with Crippen molar-refractivity contribution in [2.24, 2.45) is 4.99 Å². The largest absolute Gasteiger partial charge is 0.314 e. The number of hydrogen-bond acceptors (Lipinski definition) is 3. The first-order chi connectivity index (χ1) is 13.2. The molecule has 4 nitrogen and oxygen atoms in total. The quantitative estimate of drug-likeness (QED) is 0.655. The van der Waals surface area contributed by atoms with Gasteiger partial charge in [-0.05, 0) is 35.4 Å². The van der Waals surface area contributed by atoms with Gasteiger partial charge in [0.25, 0.3) is 0 Å². The molecule has 0 bridgehead atoms. The van der Waals surface area contributed by atoms with Crippen molar-refractivity contribution in [2.75, 3.05) is 11.9 Å². The Bertz CT molecular complexity index is 1080. The maximum Gasteiger partial charge on any atom is 0.240 e. The third-order valence-corrected chi connectivity index (χ3v) is 4.75. The van der Waals surface area contributed by atoms with Crippen LogP contribution in [0.3, 0.4) is 0 Å². The van der Waals surface area contributed by atoms with Gasteiger partial charge in [0.1, 0.15) is 5.92 Å². The van der Waals surface area contributed by atoms with Crippen LogP contribution in [0.15, 0.2) is 83.9 Å². The Morgan fingerprint density at radius 2 is 1.74 bits per heavy atom. The molecule has 0 radical (unpaired) electrons. The number of rotatable bonds is 3. The van der Waals surface area contributed by atoms with E-state index in [-0.39, 0.29) is 5.91 Å². The fourth-order valence-electron chi connectivity index (χ4n) is 3.44. The molecule has 1 atom stereocenters. The molecule has 130 valence electrons. The minimum atomic E-state index is -0.473. The van der Waals surface area contributed by atoms with Crippen LogP contribution in [0.5, 0.6) is 0 Å². The lowest BCUT2D eigenvalue weighted by molar-refractivity contribution is -0.117. The zero-order chi connectivity index (χ0) is 18.8. The number of carbonyl (C=O) groups is 1. The Balaban J connectivity index is 1.91. The van der Waals surface area contributed by atoms with Crippen molar-refractivity contribution in [3.63, 3.8) is 0 Å². The van der Waals surface area contributed by atoms with Gasteiger partial charge in [0.15, 0.2) is 0 Å². The van der Waals surface area contributed by atoms with Crippen LogP contribution in [0.4, 0.5) is 11.4 Å². The molecule has 1 aliphatic heterocycles. The van der Waals surface area contributed by atoms with Gasteiger partial charge in [-0.15, -0.1) is 0 Å².